The minimum Gasteiger partial charge on any atom is -0.379 e. The van der Waals surface area contributed by atoms with Crippen LogP contribution in [-0.4, -0.2) is 19.8 Å². The van der Waals surface area contributed by atoms with Gasteiger partial charge in [-0.15, -0.1) is 0 Å². The molecule has 0 aliphatic rings. The minimum absolute atomic E-state index is 0.137. The van der Waals surface area contributed by atoms with Gasteiger partial charge in [-0.3, -0.25) is 0 Å². The highest BCUT2D eigenvalue weighted by Crippen LogP contribution is 2.29. The molecule has 1 unspecified atom stereocenters. The molecular formula is C14H21BrFNO. The van der Waals surface area contributed by atoms with Gasteiger partial charge < -0.3 is 10.1 Å². The largest absolute Gasteiger partial charge is 0.379 e. The van der Waals surface area contributed by atoms with Crippen LogP contribution in [0.4, 0.5) is 4.39 Å². The lowest BCUT2D eigenvalue weighted by molar-refractivity contribution is 0.0118. The molecule has 1 N–H and O–H groups in total. The van der Waals surface area contributed by atoms with Gasteiger partial charge in [-0.25, -0.2) is 4.39 Å². The van der Waals surface area contributed by atoms with Crippen LogP contribution in [0.3, 0.4) is 0 Å². The molecule has 4 heteroatoms. The Bertz CT molecular complexity index is 395. The van der Waals surface area contributed by atoms with Crippen LogP contribution < -0.4 is 5.32 Å². The molecule has 18 heavy (non-hydrogen) atoms. The van der Waals surface area contributed by atoms with Crippen molar-refractivity contribution in [3.8, 4) is 0 Å². The third kappa shape index (κ3) is 4.34. The summed E-state index contributed by atoms with van der Waals surface area (Å²) in [7, 11) is 3.64. The lowest BCUT2D eigenvalue weighted by atomic mass is 9.95. The van der Waals surface area contributed by atoms with Crippen LogP contribution in [0.15, 0.2) is 22.7 Å². The Labute approximate surface area is 117 Å². The summed E-state index contributed by atoms with van der Waals surface area (Å²) in [5.74, 6) is -0.224. The summed E-state index contributed by atoms with van der Waals surface area (Å²) >= 11 is 3.41. The van der Waals surface area contributed by atoms with Crippen LogP contribution in [0.25, 0.3) is 0 Å². The summed E-state index contributed by atoms with van der Waals surface area (Å²) in [6.45, 7) is 4.14. The second-order valence-electron chi connectivity index (χ2n) is 5.01. The summed E-state index contributed by atoms with van der Waals surface area (Å²) < 4.78 is 19.3. The Balaban J connectivity index is 2.77. The van der Waals surface area contributed by atoms with Crippen molar-refractivity contribution in [2.75, 3.05) is 14.2 Å². The molecule has 2 nitrogen and oxygen atoms in total. The van der Waals surface area contributed by atoms with Gasteiger partial charge in [0.25, 0.3) is 0 Å². The Kier molecular flexibility index (Phi) is 5.76. The highest BCUT2D eigenvalue weighted by molar-refractivity contribution is 9.10. The zero-order chi connectivity index (χ0) is 13.8. The van der Waals surface area contributed by atoms with E-state index in [-0.39, 0.29) is 17.5 Å². The topological polar surface area (TPSA) is 21.3 Å². The number of ether oxygens (including phenoxy) is 1. The van der Waals surface area contributed by atoms with E-state index in [9.17, 15) is 4.39 Å². The molecule has 1 rings (SSSR count). The van der Waals surface area contributed by atoms with E-state index in [1.807, 2.05) is 13.1 Å². The van der Waals surface area contributed by atoms with Crippen molar-refractivity contribution >= 4 is 15.9 Å². The van der Waals surface area contributed by atoms with Crippen molar-refractivity contribution in [3.63, 3.8) is 0 Å². The molecule has 1 aromatic carbocycles. The smallest absolute Gasteiger partial charge is 0.124 e. The Morgan fingerprint density at radius 3 is 2.61 bits per heavy atom. The highest BCUT2D eigenvalue weighted by Gasteiger charge is 2.20. The monoisotopic (exact) mass is 317 g/mol. The van der Waals surface area contributed by atoms with Gasteiger partial charge in [0.2, 0.25) is 0 Å². The van der Waals surface area contributed by atoms with E-state index in [0.717, 1.165) is 22.9 Å². The van der Waals surface area contributed by atoms with E-state index < -0.39 is 0 Å². The maximum absolute atomic E-state index is 13.1. The average molecular weight is 318 g/mol. The van der Waals surface area contributed by atoms with Crippen molar-refractivity contribution in [3.05, 3.63) is 34.1 Å². The molecule has 0 spiro atoms. The van der Waals surface area contributed by atoms with Gasteiger partial charge in [-0.2, -0.15) is 0 Å². The molecule has 0 heterocycles. The van der Waals surface area contributed by atoms with Crippen LogP contribution in [-0.2, 0) is 4.74 Å². The zero-order valence-corrected chi connectivity index (χ0v) is 13.0. The van der Waals surface area contributed by atoms with Crippen molar-refractivity contribution in [1.82, 2.24) is 5.32 Å². The number of halogens is 2. The molecule has 0 aromatic heterocycles. The predicted molar refractivity (Wildman–Crippen MR) is 76.2 cm³/mol. The van der Waals surface area contributed by atoms with Crippen LogP contribution in [0.5, 0.6) is 0 Å². The van der Waals surface area contributed by atoms with E-state index in [0.29, 0.717) is 0 Å². The fourth-order valence-corrected chi connectivity index (χ4v) is 2.46. The van der Waals surface area contributed by atoms with E-state index in [1.54, 1.807) is 7.11 Å². The second kappa shape index (κ2) is 6.64. The van der Waals surface area contributed by atoms with Gasteiger partial charge in [0.05, 0.1) is 5.60 Å². The standard InChI is InChI=1S/C14H21BrFNO/c1-14(2,18-4)8-7-13(17-3)11-6-5-10(16)9-12(11)15/h5-6,9,13,17H,7-8H2,1-4H3. The summed E-state index contributed by atoms with van der Waals surface area (Å²) in [6.07, 6.45) is 1.86. The first-order valence-electron chi connectivity index (χ1n) is 6.07. The minimum atomic E-state index is -0.224. The Morgan fingerprint density at radius 2 is 2.11 bits per heavy atom. The molecule has 0 saturated carbocycles. The lowest BCUT2D eigenvalue weighted by Crippen LogP contribution is -2.26. The van der Waals surface area contributed by atoms with E-state index in [4.69, 9.17) is 4.74 Å². The fourth-order valence-electron chi connectivity index (χ4n) is 1.83. The normalized spacial score (nSPS) is 13.7. The quantitative estimate of drug-likeness (QED) is 0.854. The van der Waals surface area contributed by atoms with Gasteiger partial charge in [0, 0.05) is 17.6 Å². The molecule has 0 fully saturated rings. The first kappa shape index (κ1) is 15.6. The van der Waals surface area contributed by atoms with E-state index in [2.05, 4.69) is 35.1 Å². The number of benzene rings is 1. The van der Waals surface area contributed by atoms with Crippen LogP contribution >= 0.6 is 15.9 Å². The number of hydrogen-bond acceptors (Lipinski definition) is 2. The van der Waals surface area contributed by atoms with Crippen LogP contribution in [0, 0.1) is 5.82 Å². The van der Waals surface area contributed by atoms with Crippen molar-refractivity contribution in [1.29, 1.82) is 0 Å². The molecule has 0 saturated heterocycles. The van der Waals surface area contributed by atoms with Crippen molar-refractivity contribution in [2.24, 2.45) is 0 Å². The van der Waals surface area contributed by atoms with E-state index >= 15 is 0 Å². The first-order valence-corrected chi connectivity index (χ1v) is 6.86. The number of methoxy groups -OCH3 is 1. The summed E-state index contributed by atoms with van der Waals surface area (Å²) in [4.78, 5) is 0. The third-order valence-electron chi connectivity index (χ3n) is 3.27. The van der Waals surface area contributed by atoms with Gasteiger partial charge in [-0.1, -0.05) is 22.0 Å². The first-order chi connectivity index (χ1) is 8.39. The maximum atomic E-state index is 13.1. The molecule has 0 amide bonds. The molecule has 0 aliphatic heterocycles. The summed E-state index contributed by atoms with van der Waals surface area (Å²) in [5.41, 5.74) is 0.938. The van der Waals surface area contributed by atoms with Gasteiger partial charge in [0.15, 0.2) is 0 Å². The maximum Gasteiger partial charge on any atom is 0.124 e. The number of nitrogens with one attached hydrogen (secondary N) is 1. The molecule has 0 aliphatic carbocycles. The molecule has 102 valence electrons. The lowest BCUT2D eigenvalue weighted by Gasteiger charge is -2.26. The number of hydrogen-bond donors (Lipinski definition) is 1. The third-order valence-corrected chi connectivity index (χ3v) is 3.96. The highest BCUT2D eigenvalue weighted by atomic mass is 79.9. The molecule has 1 aromatic rings. The molecule has 0 radical (unpaired) electrons. The van der Waals surface area contributed by atoms with Crippen molar-refractivity contribution in [2.45, 2.75) is 38.3 Å². The van der Waals surface area contributed by atoms with Crippen molar-refractivity contribution < 1.29 is 9.13 Å². The Morgan fingerprint density at radius 1 is 1.44 bits per heavy atom. The van der Waals surface area contributed by atoms with Crippen LogP contribution in [0.2, 0.25) is 0 Å². The molecule has 0 bridgehead atoms. The predicted octanol–water partition coefficient (Wildman–Crippen LogP) is 4.05. The molecule has 1 atom stereocenters. The molecular weight excluding hydrogens is 297 g/mol. The fraction of sp³-hybridized carbons (Fsp3) is 0.571. The average Bonchev–Trinajstić information content (AvgIpc) is 2.32. The number of rotatable bonds is 6. The van der Waals surface area contributed by atoms with Gasteiger partial charge in [-0.05, 0) is 51.4 Å². The van der Waals surface area contributed by atoms with Gasteiger partial charge >= 0.3 is 0 Å². The Hall–Kier alpha value is -0.450. The SMILES string of the molecule is CNC(CCC(C)(C)OC)c1ccc(F)cc1Br. The zero-order valence-electron chi connectivity index (χ0n) is 11.4. The summed E-state index contributed by atoms with van der Waals surface area (Å²) in [6, 6.07) is 5.00. The van der Waals surface area contributed by atoms with Gasteiger partial charge in [0.1, 0.15) is 5.82 Å². The summed E-state index contributed by atoms with van der Waals surface area (Å²) in [5, 5.41) is 3.27. The second-order valence-corrected chi connectivity index (χ2v) is 5.86. The van der Waals surface area contributed by atoms with E-state index in [1.165, 1.54) is 12.1 Å². The van der Waals surface area contributed by atoms with Crippen LogP contribution in [0.1, 0.15) is 38.3 Å².